The van der Waals surface area contributed by atoms with Gasteiger partial charge in [0, 0.05) is 24.8 Å². The van der Waals surface area contributed by atoms with E-state index < -0.39 is 0 Å². The van der Waals surface area contributed by atoms with Gasteiger partial charge in [0.1, 0.15) is 11.6 Å². The van der Waals surface area contributed by atoms with Gasteiger partial charge in [0.05, 0.1) is 6.10 Å². The van der Waals surface area contributed by atoms with E-state index in [0.717, 1.165) is 49.7 Å². The maximum Gasteiger partial charge on any atom is 0.132 e. The first kappa shape index (κ1) is 13.3. The lowest BCUT2D eigenvalue weighted by atomic mass is 9.92. The fraction of sp³-hybridized carbons (Fsp3) is 0.714. The number of aliphatic hydroxyl groups excluding tert-OH is 1. The number of nitrogens with zero attached hydrogens (tertiary/aromatic N) is 3. The van der Waals surface area contributed by atoms with Crippen LogP contribution in [0.3, 0.4) is 0 Å². The van der Waals surface area contributed by atoms with Gasteiger partial charge in [-0.3, -0.25) is 0 Å². The smallest absolute Gasteiger partial charge is 0.132 e. The number of hydrogen-bond acceptors (Lipinski definition) is 4. The molecule has 0 saturated carbocycles. The maximum absolute atomic E-state index is 9.62. The Bertz CT molecular complexity index is 398. The average molecular weight is 249 g/mol. The van der Waals surface area contributed by atoms with Crippen molar-refractivity contribution in [2.24, 2.45) is 5.92 Å². The molecule has 1 fully saturated rings. The third kappa shape index (κ3) is 2.99. The summed E-state index contributed by atoms with van der Waals surface area (Å²) in [6, 6.07) is 2.09. The summed E-state index contributed by atoms with van der Waals surface area (Å²) < 4.78 is 0. The highest BCUT2D eigenvalue weighted by Gasteiger charge is 2.23. The highest BCUT2D eigenvalue weighted by molar-refractivity contribution is 5.40. The molecule has 1 aliphatic heterocycles. The fourth-order valence-corrected chi connectivity index (χ4v) is 2.57. The molecule has 0 radical (unpaired) electrons. The SMILES string of the molecule is CCc1cc(N2CCC(C(C)O)CC2)nc(C)n1. The number of hydrogen-bond donors (Lipinski definition) is 1. The first-order valence-electron chi connectivity index (χ1n) is 6.87. The molecular formula is C14H23N3O. The van der Waals surface area contributed by atoms with Crippen molar-refractivity contribution < 1.29 is 5.11 Å². The molecule has 0 bridgehead atoms. The van der Waals surface area contributed by atoms with Crippen LogP contribution in [0.25, 0.3) is 0 Å². The highest BCUT2D eigenvalue weighted by Crippen LogP contribution is 2.24. The van der Waals surface area contributed by atoms with Crippen molar-refractivity contribution in [1.29, 1.82) is 0 Å². The van der Waals surface area contributed by atoms with E-state index >= 15 is 0 Å². The number of rotatable bonds is 3. The Kier molecular flexibility index (Phi) is 4.17. The van der Waals surface area contributed by atoms with Crippen LogP contribution in [0.5, 0.6) is 0 Å². The van der Waals surface area contributed by atoms with Crippen LogP contribution in [0.4, 0.5) is 5.82 Å². The largest absolute Gasteiger partial charge is 0.393 e. The Hall–Kier alpha value is -1.16. The van der Waals surface area contributed by atoms with Crippen molar-refractivity contribution in [3.63, 3.8) is 0 Å². The molecular weight excluding hydrogens is 226 g/mol. The predicted molar refractivity (Wildman–Crippen MR) is 72.8 cm³/mol. The Balaban J connectivity index is 2.07. The molecule has 18 heavy (non-hydrogen) atoms. The molecule has 1 N–H and O–H groups in total. The molecule has 4 heteroatoms. The zero-order valence-corrected chi connectivity index (χ0v) is 11.6. The molecule has 0 aliphatic carbocycles. The number of aryl methyl sites for hydroxylation is 2. The summed E-state index contributed by atoms with van der Waals surface area (Å²) in [7, 11) is 0. The quantitative estimate of drug-likeness (QED) is 0.889. The lowest BCUT2D eigenvalue weighted by Gasteiger charge is -2.34. The minimum absolute atomic E-state index is 0.189. The van der Waals surface area contributed by atoms with Gasteiger partial charge >= 0.3 is 0 Å². The molecule has 1 aromatic heterocycles. The molecule has 1 aliphatic rings. The fourth-order valence-electron chi connectivity index (χ4n) is 2.57. The van der Waals surface area contributed by atoms with Crippen molar-refractivity contribution in [3.8, 4) is 0 Å². The van der Waals surface area contributed by atoms with E-state index in [4.69, 9.17) is 0 Å². The minimum atomic E-state index is -0.189. The summed E-state index contributed by atoms with van der Waals surface area (Å²) in [6.07, 6.45) is 2.84. The normalized spacial score (nSPS) is 19.0. The third-order valence-corrected chi connectivity index (χ3v) is 3.79. The van der Waals surface area contributed by atoms with Gasteiger partial charge < -0.3 is 10.0 Å². The van der Waals surface area contributed by atoms with Crippen LogP contribution in [0, 0.1) is 12.8 Å². The van der Waals surface area contributed by atoms with Crippen molar-refractivity contribution in [3.05, 3.63) is 17.6 Å². The molecule has 1 atom stereocenters. The van der Waals surface area contributed by atoms with Crippen molar-refractivity contribution in [1.82, 2.24) is 9.97 Å². The minimum Gasteiger partial charge on any atom is -0.393 e. The van der Waals surface area contributed by atoms with Gasteiger partial charge in [0.2, 0.25) is 0 Å². The Morgan fingerprint density at radius 2 is 2.06 bits per heavy atom. The first-order valence-corrected chi connectivity index (χ1v) is 6.87. The van der Waals surface area contributed by atoms with E-state index in [1.54, 1.807) is 0 Å². The molecule has 0 amide bonds. The van der Waals surface area contributed by atoms with Gasteiger partial charge in [-0.05, 0) is 39.0 Å². The number of aromatic nitrogens is 2. The molecule has 4 nitrogen and oxygen atoms in total. The van der Waals surface area contributed by atoms with Gasteiger partial charge in [0.15, 0.2) is 0 Å². The van der Waals surface area contributed by atoms with E-state index in [1.165, 1.54) is 0 Å². The number of anilines is 1. The molecule has 2 rings (SSSR count). The van der Waals surface area contributed by atoms with Crippen molar-refractivity contribution in [2.75, 3.05) is 18.0 Å². The van der Waals surface area contributed by atoms with Crippen molar-refractivity contribution >= 4 is 5.82 Å². The molecule has 1 unspecified atom stereocenters. The highest BCUT2D eigenvalue weighted by atomic mass is 16.3. The Morgan fingerprint density at radius 3 is 2.61 bits per heavy atom. The monoisotopic (exact) mass is 249 g/mol. The molecule has 0 aromatic carbocycles. The van der Waals surface area contributed by atoms with Crippen LogP contribution < -0.4 is 4.90 Å². The lowest BCUT2D eigenvalue weighted by Crippen LogP contribution is -2.37. The van der Waals surface area contributed by atoms with Crippen LogP contribution in [0.15, 0.2) is 6.07 Å². The molecule has 0 spiro atoms. The molecule has 1 saturated heterocycles. The maximum atomic E-state index is 9.62. The molecule has 2 heterocycles. The van der Waals surface area contributed by atoms with E-state index in [1.807, 2.05) is 13.8 Å². The zero-order chi connectivity index (χ0) is 13.1. The van der Waals surface area contributed by atoms with Crippen LogP contribution in [0.1, 0.15) is 38.2 Å². The van der Waals surface area contributed by atoms with Crippen LogP contribution in [-0.2, 0) is 6.42 Å². The second-order valence-electron chi connectivity index (χ2n) is 5.18. The topological polar surface area (TPSA) is 49.2 Å². The standard InChI is InChI=1S/C14H23N3O/c1-4-13-9-14(16-11(3)15-13)17-7-5-12(6-8-17)10(2)18/h9-10,12,18H,4-8H2,1-3H3. The molecule has 1 aromatic rings. The summed E-state index contributed by atoms with van der Waals surface area (Å²) in [4.78, 5) is 11.3. The van der Waals surface area contributed by atoms with Crippen LogP contribution in [-0.4, -0.2) is 34.3 Å². The van der Waals surface area contributed by atoms with Gasteiger partial charge in [-0.1, -0.05) is 6.92 Å². The second-order valence-corrected chi connectivity index (χ2v) is 5.18. The molecule has 100 valence electrons. The summed E-state index contributed by atoms with van der Waals surface area (Å²) >= 11 is 0. The Labute approximate surface area is 109 Å². The van der Waals surface area contributed by atoms with Gasteiger partial charge in [-0.2, -0.15) is 0 Å². The summed E-state index contributed by atoms with van der Waals surface area (Å²) in [5.41, 5.74) is 1.11. The lowest BCUT2D eigenvalue weighted by molar-refractivity contribution is 0.110. The van der Waals surface area contributed by atoms with Crippen LogP contribution >= 0.6 is 0 Å². The summed E-state index contributed by atoms with van der Waals surface area (Å²) in [5, 5.41) is 9.62. The van der Waals surface area contributed by atoms with Crippen LogP contribution in [0.2, 0.25) is 0 Å². The van der Waals surface area contributed by atoms with E-state index in [9.17, 15) is 5.11 Å². The second kappa shape index (κ2) is 5.65. The summed E-state index contributed by atoms with van der Waals surface area (Å²) in [6.45, 7) is 7.92. The van der Waals surface area contributed by atoms with Gasteiger partial charge in [-0.15, -0.1) is 0 Å². The van der Waals surface area contributed by atoms with Gasteiger partial charge in [-0.25, -0.2) is 9.97 Å². The number of piperidine rings is 1. The Morgan fingerprint density at radius 1 is 1.39 bits per heavy atom. The van der Waals surface area contributed by atoms with Crippen molar-refractivity contribution in [2.45, 2.75) is 46.1 Å². The van der Waals surface area contributed by atoms with E-state index in [2.05, 4.69) is 27.9 Å². The number of aliphatic hydroxyl groups is 1. The zero-order valence-electron chi connectivity index (χ0n) is 11.6. The third-order valence-electron chi connectivity index (χ3n) is 3.79. The predicted octanol–water partition coefficient (Wildman–Crippen LogP) is 1.94. The first-order chi connectivity index (χ1) is 8.60. The van der Waals surface area contributed by atoms with E-state index in [-0.39, 0.29) is 6.10 Å². The average Bonchev–Trinajstić information content (AvgIpc) is 2.38. The van der Waals surface area contributed by atoms with Gasteiger partial charge in [0.25, 0.3) is 0 Å². The van der Waals surface area contributed by atoms with E-state index in [0.29, 0.717) is 5.92 Å². The summed E-state index contributed by atoms with van der Waals surface area (Å²) in [5.74, 6) is 2.33.